The molecule has 0 atom stereocenters. The van der Waals surface area contributed by atoms with Gasteiger partial charge in [-0.25, -0.2) is 0 Å². The Bertz CT molecular complexity index is 564. The quantitative estimate of drug-likeness (QED) is 0.815. The number of halogens is 1. The molecule has 2 nitrogen and oxygen atoms in total. The lowest BCUT2D eigenvalue weighted by Crippen LogP contribution is -2.30. The third kappa shape index (κ3) is 2.49. The van der Waals surface area contributed by atoms with Crippen LogP contribution in [-0.4, -0.2) is 12.5 Å². The van der Waals surface area contributed by atoms with Gasteiger partial charge in [0.2, 0.25) is 0 Å². The summed E-state index contributed by atoms with van der Waals surface area (Å²) in [6.07, 6.45) is 0. The molecule has 0 aliphatic carbocycles. The van der Waals surface area contributed by atoms with Crippen LogP contribution in [0.15, 0.2) is 40.2 Å². The summed E-state index contributed by atoms with van der Waals surface area (Å²) in [5.74, 6) is 0.0497. The van der Waals surface area contributed by atoms with Gasteiger partial charge in [-0.15, -0.1) is 11.3 Å². The van der Waals surface area contributed by atoms with E-state index in [1.807, 2.05) is 54.5 Å². The number of hydrogen-bond acceptors (Lipinski definition) is 2. The van der Waals surface area contributed by atoms with Crippen LogP contribution in [0.4, 0.5) is 5.69 Å². The van der Waals surface area contributed by atoms with Crippen LogP contribution in [0.1, 0.15) is 22.2 Å². The van der Waals surface area contributed by atoms with Crippen LogP contribution in [0.3, 0.4) is 0 Å². The first-order chi connectivity index (χ1) is 8.65. The molecule has 18 heavy (non-hydrogen) atoms. The first-order valence-corrected chi connectivity index (χ1v) is 7.43. The lowest BCUT2D eigenvalue weighted by atomic mass is 10.1. The number of nitrogens with zero attached hydrogens (tertiary/aromatic N) is 1. The molecule has 1 aromatic carbocycles. The smallest absolute Gasteiger partial charge is 0.269 e. The van der Waals surface area contributed by atoms with Crippen LogP contribution >= 0.6 is 27.3 Å². The summed E-state index contributed by atoms with van der Waals surface area (Å²) >= 11 is 4.88. The minimum Gasteiger partial charge on any atom is -0.308 e. The third-order valence-corrected chi connectivity index (χ3v) is 4.60. The lowest BCUT2D eigenvalue weighted by molar-refractivity contribution is 0.0991. The standard InChI is InChI=1S/C14H14BrNOS/c1-3-16(12-7-5-4-6-10(12)2)14(17)13-11(15)8-9-18-13/h4-9H,3H2,1-2H3. The Balaban J connectivity index is 2.39. The van der Waals surface area contributed by atoms with Crippen molar-refractivity contribution >= 4 is 38.9 Å². The summed E-state index contributed by atoms with van der Waals surface area (Å²) in [5.41, 5.74) is 2.09. The van der Waals surface area contributed by atoms with Gasteiger partial charge in [0.25, 0.3) is 5.91 Å². The molecular weight excluding hydrogens is 310 g/mol. The van der Waals surface area contributed by atoms with Crippen molar-refractivity contribution in [2.45, 2.75) is 13.8 Å². The Morgan fingerprint density at radius 3 is 2.61 bits per heavy atom. The third-order valence-electron chi connectivity index (χ3n) is 2.78. The number of aryl methyl sites for hydroxylation is 1. The van der Waals surface area contributed by atoms with Gasteiger partial charge in [-0.05, 0) is 52.9 Å². The van der Waals surface area contributed by atoms with Crippen molar-refractivity contribution in [1.29, 1.82) is 0 Å². The molecule has 4 heteroatoms. The SMILES string of the molecule is CCN(C(=O)c1sccc1Br)c1ccccc1C. The first kappa shape index (κ1) is 13.3. The van der Waals surface area contributed by atoms with Crippen molar-refractivity contribution in [3.8, 4) is 0 Å². The van der Waals surface area contributed by atoms with Crippen molar-refractivity contribution in [3.05, 3.63) is 50.6 Å². The van der Waals surface area contributed by atoms with Crippen LogP contribution in [0.25, 0.3) is 0 Å². The molecule has 2 aromatic rings. The molecule has 1 aromatic heterocycles. The maximum absolute atomic E-state index is 12.5. The molecule has 0 fully saturated rings. The number of thiophene rings is 1. The second-order valence-electron chi connectivity index (χ2n) is 3.93. The second-order valence-corrected chi connectivity index (χ2v) is 5.70. The Morgan fingerprint density at radius 1 is 1.33 bits per heavy atom. The summed E-state index contributed by atoms with van der Waals surface area (Å²) in [6.45, 7) is 4.68. The van der Waals surface area contributed by atoms with E-state index >= 15 is 0 Å². The van der Waals surface area contributed by atoms with Crippen LogP contribution in [0.5, 0.6) is 0 Å². The van der Waals surface area contributed by atoms with Crippen molar-refractivity contribution in [2.75, 3.05) is 11.4 Å². The Hall–Kier alpha value is -1.13. The van der Waals surface area contributed by atoms with E-state index < -0.39 is 0 Å². The van der Waals surface area contributed by atoms with E-state index in [-0.39, 0.29) is 5.91 Å². The minimum atomic E-state index is 0.0497. The topological polar surface area (TPSA) is 20.3 Å². The fourth-order valence-electron chi connectivity index (χ4n) is 1.86. The maximum atomic E-state index is 12.5. The number of benzene rings is 1. The van der Waals surface area contributed by atoms with Crippen molar-refractivity contribution in [2.24, 2.45) is 0 Å². The number of anilines is 1. The zero-order valence-corrected chi connectivity index (χ0v) is 12.7. The maximum Gasteiger partial charge on any atom is 0.269 e. The highest BCUT2D eigenvalue weighted by atomic mass is 79.9. The molecule has 1 heterocycles. The normalized spacial score (nSPS) is 10.4. The van der Waals surface area contributed by atoms with E-state index in [0.717, 1.165) is 20.6 Å². The molecular formula is C14H14BrNOS. The van der Waals surface area contributed by atoms with Crippen LogP contribution < -0.4 is 4.90 Å². The number of hydrogen-bond donors (Lipinski definition) is 0. The van der Waals surface area contributed by atoms with Gasteiger partial charge in [-0.3, -0.25) is 4.79 Å². The minimum absolute atomic E-state index is 0.0497. The molecule has 0 bridgehead atoms. The first-order valence-electron chi connectivity index (χ1n) is 5.75. The lowest BCUT2D eigenvalue weighted by Gasteiger charge is -2.22. The van der Waals surface area contributed by atoms with Crippen LogP contribution in [-0.2, 0) is 0 Å². The number of carbonyl (C=O) groups is 1. The molecule has 0 N–H and O–H groups in total. The average molecular weight is 324 g/mol. The van der Waals surface area contributed by atoms with Gasteiger partial charge >= 0.3 is 0 Å². The Morgan fingerprint density at radius 2 is 2.06 bits per heavy atom. The highest BCUT2D eigenvalue weighted by Gasteiger charge is 2.20. The van der Waals surface area contributed by atoms with Gasteiger partial charge in [-0.2, -0.15) is 0 Å². The number of para-hydroxylation sites is 1. The fourth-order valence-corrected chi connectivity index (χ4v) is 3.35. The molecule has 0 radical (unpaired) electrons. The highest BCUT2D eigenvalue weighted by molar-refractivity contribution is 9.10. The van der Waals surface area contributed by atoms with Gasteiger partial charge in [-0.1, -0.05) is 18.2 Å². The summed E-state index contributed by atoms with van der Waals surface area (Å²) in [5, 5.41) is 1.92. The number of amides is 1. The highest BCUT2D eigenvalue weighted by Crippen LogP contribution is 2.27. The predicted molar refractivity (Wildman–Crippen MR) is 80.5 cm³/mol. The molecule has 0 aliphatic rings. The van der Waals surface area contributed by atoms with E-state index in [4.69, 9.17) is 0 Å². The summed E-state index contributed by atoms with van der Waals surface area (Å²) < 4.78 is 0.865. The van der Waals surface area contributed by atoms with E-state index in [2.05, 4.69) is 15.9 Å². The molecule has 94 valence electrons. The average Bonchev–Trinajstić information content (AvgIpc) is 2.78. The Labute approximate surface area is 119 Å². The molecule has 0 saturated heterocycles. The summed E-state index contributed by atoms with van der Waals surface area (Å²) in [6, 6.07) is 9.86. The summed E-state index contributed by atoms with van der Waals surface area (Å²) in [7, 11) is 0. The van der Waals surface area contributed by atoms with Gasteiger partial charge in [0, 0.05) is 16.7 Å². The van der Waals surface area contributed by atoms with E-state index in [1.165, 1.54) is 11.3 Å². The molecule has 1 amide bonds. The van der Waals surface area contributed by atoms with E-state index in [9.17, 15) is 4.79 Å². The van der Waals surface area contributed by atoms with E-state index in [0.29, 0.717) is 6.54 Å². The van der Waals surface area contributed by atoms with Crippen molar-refractivity contribution < 1.29 is 4.79 Å². The predicted octanol–water partition coefficient (Wildman–Crippen LogP) is 4.49. The second kappa shape index (κ2) is 5.67. The van der Waals surface area contributed by atoms with Gasteiger partial charge in [0.1, 0.15) is 4.88 Å². The molecule has 0 aliphatic heterocycles. The van der Waals surface area contributed by atoms with Gasteiger partial charge in [0.05, 0.1) is 0 Å². The van der Waals surface area contributed by atoms with E-state index in [1.54, 1.807) is 0 Å². The fraction of sp³-hybridized carbons (Fsp3) is 0.214. The number of rotatable bonds is 3. The van der Waals surface area contributed by atoms with Crippen LogP contribution in [0, 0.1) is 6.92 Å². The van der Waals surface area contributed by atoms with Crippen molar-refractivity contribution in [3.63, 3.8) is 0 Å². The largest absolute Gasteiger partial charge is 0.308 e. The molecule has 0 saturated carbocycles. The van der Waals surface area contributed by atoms with Crippen molar-refractivity contribution in [1.82, 2.24) is 0 Å². The zero-order valence-electron chi connectivity index (χ0n) is 10.3. The molecule has 0 unspecified atom stereocenters. The molecule has 2 rings (SSSR count). The number of carbonyl (C=O) groups excluding carboxylic acids is 1. The van der Waals surface area contributed by atoms with Crippen LogP contribution in [0.2, 0.25) is 0 Å². The zero-order chi connectivity index (χ0) is 13.1. The van der Waals surface area contributed by atoms with Gasteiger partial charge < -0.3 is 4.90 Å². The summed E-state index contributed by atoms with van der Waals surface area (Å²) in [4.78, 5) is 15.1. The monoisotopic (exact) mass is 323 g/mol. The van der Waals surface area contributed by atoms with Gasteiger partial charge in [0.15, 0.2) is 0 Å². The Kier molecular flexibility index (Phi) is 4.19. The molecule has 0 spiro atoms.